The molecule has 0 spiro atoms. The van der Waals surface area contributed by atoms with Gasteiger partial charge in [0.2, 0.25) is 5.91 Å². The summed E-state index contributed by atoms with van der Waals surface area (Å²) in [5, 5.41) is 10.1. The first kappa shape index (κ1) is 22.7. The largest absolute Gasteiger partial charge is 0.490 e. The highest BCUT2D eigenvalue weighted by molar-refractivity contribution is 6.30. The van der Waals surface area contributed by atoms with Crippen molar-refractivity contribution >= 4 is 29.2 Å². The van der Waals surface area contributed by atoms with E-state index in [-0.39, 0.29) is 17.9 Å². The third-order valence-electron chi connectivity index (χ3n) is 5.53. The normalized spacial score (nSPS) is 15.2. The van der Waals surface area contributed by atoms with Crippen LogP contribution in [0.1, 0.15) is 46.9 Å². The Hall–Kier alpha value is -3.51. The number of carbonyl (C=O) groups is 2. The van der Waals surface area contributed by atoms with Crippen molar-refractivity contribution in [2.45, 2.75) is 26.3 Å². The van der Waals surface area contributed by atoms with Gasteiger partial charge in [0.15, 0.2) is 11.5 Å². The highest BCUT2D eigenvalue weighted by Gasteiger charge is 2.36. The maximum atomic E-state index is 13.4. The molecule has 0 saturated carbocycles. The van der Waals surface area contributed by atoms with Crippen LogP contribution in [0, 0.1) is 0 Å². The lowest BCUT2D eigenvalue weighted by atomic mass is 9.86. The molecule has 3 aromatic carbocycles. The molecule has 1 aliphatic heterocycles. The van der Waals surface area contributed by atoms with Gasteiger partial charge in [-0.1, -0.05) is 29.8 Å². The summed E-state index contributed by atoms with van der Waals surface area (Å²) in [6.45, 7) is 4.74. The molecule has 1 heterocycles. The van der Waals surface area contributed by atoms with Crippen LogP contribution < -0.4 is 14.4 Å². The van der Waals surface area contributed by atoms with E-state index in [0.29, 0.717) is 35.4 Å². The zero-order valence-corrected chi connectivity index (χ0v) is 19.1. The zero-order valence-electron chi connectivity index (χ0n) is 18.4. The standard InChI is InChI=1S/C26H24ClNO5/c1-3-32-22-13-18-14-24(29)28(20-7-5-6-17(12-20)26(30)31)25(16-8-10-19(27)11-9-16)21(18)15-23(22)33-4-2/h5-13,15,25H,3-4,14H2,1-2H3,(H,30,31). The molecule has 33 heavy (non-hydrogen) atoms. The summed E-state index contributed by atoms with van der Waals surface area (Å²) in [6.07, 6.45) is 0.156. The minimum Gasteiger partial charge on any atom is -0.490 e. The number of fused-ring (bicyclic) bond motifs is 1. The van der Waals surface area contributed by atoms with Crippen molar-refractivity contribution in [2.24, 2.45) is 0 Å². The molecule has 0 radical (unpaired) electrons. The van der Waals surface area contributed by atoms with Crippen molar-refractivity contribution in [3.63, 3.8) is 0 Å². The van der Waals surface area contributed by atoms with Crippen molar-refractivity contribution in [3.8, 4) is 11.5 Å². The minimum absolute atomic E-state index is 0.114. The Balaban J connectivity index is 1.93. The van der Waals surface area contributed by atoms with Gasteiger partial charge in [-0.25, -0.2) is 4.79 Å². The first-order valence-corrected chi connectivity index (χ1v) is 11.1. The maximum Gasteiger partial charge on any atom is 0.335 e. The van der Waals surface area contributed by atoms with E-state index in [1.165, 1.54) is 12.1 Å². The molecule has 0 aromatic heterocycles. The summed E-state index contributed by atoms with van der Waals surface area (Å²) in [6, 6.07) is 17.0. The fraction of sp³-hybridized carbons (Fsp3) is 0.231. The Kier molecular flexibility index (Phi) is 6.56. The molecule has 0 bridgehead atoms. The number of hydrogen-bond acceptors (Lipinski definition) is 4. The number of aromatic carboxylic acids is 1. The van der Waals surface area contributed by atoms with Crippen LogP contribution in [-0.2, 0) is 11.2 Å². The maximum absolute atomic E-state index is 13.4. The Morgan fingerprint density at radius 3 is 2.33 bits per heavy atom. The first-order valence-electron chi connectivity index (χ1n) is 10.8. The molecule has 0 saturated heterocycles. The van der Waals surface area contributed by atoms with Gasteiger partial charge in [0.25, 0.3) is 0 Å². The molecular formula is C26H24ClNO5. The SMILES string of the molecule is CCOc1cc2c(cc1OCC)C(c1ccc(Cl)cc1)N(c1cccc(C(=O)O)c1)C(=O)C2. The molecule has 170 valence electrons. The number of anilines is 1. The summed E-state index contributed by atoms with van der Waals surface area (Å²) in [5.41, 5.74) is 3.21. The number of ether oxygens (including phenoxy) is 2. The molecule has 0 fully saturated rings. The van der Waals surface area contributed by atoms with Crippen LogP contribution >= 0.6 is 11.6 Å². The summed E-state index contributed by atoms with van der Waals surface area (Å²) in [4.78, 5) is 26.7. The van der Waals surface area contributed by atoms with Gasteiger partial charge in [-0.3, -0.25) is 4.79 Å². The molecular weight excluding hydrogens is 442 g/mol. The average molecular weight is 466 g/mol. The molecule has 1 atom stereocenters. The van der Waals surface area contributed by atoms with E-state index in [9.17, 15) is 14.7 Å². The number of benzene rings is 3. The number of amides is 1. The van der Waals surface area contributed by atoms with Crippen molar-refractivity contribution in [1.29, 1.82) is 0 Å². The monoisotopic (exact) mass is 465 g/mol. The van der Waals surface area contributed by atoms with Gasteiger partial charge >= 0.3 is 5.97 Å². The molecule has 7 heteroatoms. The smallest absolute Gasteiger partial charge is 0.335 e. The van der Waals surface area contributed by atoms with Gasteiger partial charge < -0.3 is 19.5 Å². The molecule has 3 aromatic rings. The summed E-state index contributed by atoms with van der Waals surface area (Å²) in [5.74, 6) is 0.00840. The lowest BCUT2D eigenvalue weighted by Crippen LogP contribution is -2.41. The molecule has 1 unspecified atom stereocenters. The molecule has 1 amide bonds. The van der Waals surface area contributed by atoms with E-state index in [0.717, 1.165) is 16.7 Å². The molecule has 1 aliphatic rings. The number of nitrogens with zero attached hydrogens (tertiary/aromatic N) is 1. The summed E-state index contributed by atoms with van der Waals surface area (Å²) < 4.78 is 11.6. The number of carboxylic acids is 1. The predicted molar refractivity (Wildman–Crippen MR) is 127 cm³/mol. The third kappa shape index (κ3) is 4.52. The van der Waals surface area contributed by atoms with Gasteiger partial charge in [-0.05, 0) is 73.0 Å². The third-order valence-corrected chi connectivity index (χ3v) is 5.78. The quantitative estimate of drug-likeness (QED) is 0.497. The van der Waals surface area contributed by atoms with Gasteiger partial charge in [0.05, 0.1) is 31.2 Å². The topological polar surface area (TPSA) is 76.1 Å². The lowest BCUT2D eigenvalue weighted by Gasteiger charge is -2.38. The minimum atomic E-state index is -1.05. The number of carboxylic acid groups (broad SMARTS) is 1. The molecule has 1 N–H and O–H groups in total. The number of hydrogen-bond donors (Lipinski definition) is 1. The highest BCUT2D eigenvalue weighted by atomic mass is 35.5. The van der Waals surface area contributed by atoms with Crippen molar-refractivity contribution < 1.29 is 24.2 Å². The number of carbonyl (C=O) groups excluding carboxylic acids is 1. The second kappa shape index (κ2) is 9.55. The van der Waals surface area contributed by atoms with Crippen LogP contribution in [0.3, 0.4) is 0 Å². The Bertz CT molecular complexity index is 1190. The zero-order chi connectivity index (χ0) is 23.5. The average Bonchev–Trinajstić information content (AvgIpc) is 2.80. The second-order valence-electron chi connectivity index (χ2n) is 7.61. The van der Waals surface area contributed by atoms with E-state index in [2.05, 4.69) is 0 Å². The Morgan fingerprint density at radius 1 is 1.03 bits per heavy atom. The predicted octanol–water partition coefficient (Wildman–Crippen LogP) is 5.51. The highest BCUT2D eigenvalue weighted by Crippen LogP contribution is 2.43. The van der Waals surface area contributed by atoms with E-state index in [1.807, 2.05) is 38.1 Å². The van der Waals surface area contributed by atoms with E-state index in [4.69, 9.17) is 21.1 Å². The van der Waals surface area contributed by atoms with E-state index >= 15 is 0 Å². The van der Waals surface area contributed by atoms with Gasteiger partial charge in [-0.2, -0.15) is 0 Å². The van der Waals surface area contributed by atoms with Crippen LogP contribution in [0.25, 0.3) is 0 Å². The van der Waals surface area contributed by atoms with E-state index < -0.39 is 12.0 Å². The van der Waals surface area contributed by atoms with Crippen LogP contribution in [-0.4, -0.2) is 30.2 Å². The number of halogens is 1. The fourth-order valence-corrected chi connectivity index (χ4v) is 4.27. The fourth-order valence-electron chi connectivity index (χ4n) is 4.15. The molecule has 6 nitrogen and oxygen atoms in total. The Labute approximate surface area is 197 Å². The lowest BCUT2D eigenvalue weighted by molar-refractivity contribution is -0.118. The van der Waals surface area contributed by atoms with Crippen molar-refractivity contribution in [1.82, 2.24) is 0 Å². The second-order valence-corrected chi connectivity index (χ2v) is 8.05. The Morgan fingerprint density at radius 2 is 1.70 bits per heavy atom. The first-order chi connectivity index (χ1) is 15.9. The molecule has 4 rings (SSSR count). The van der Waals surface area contributed by atoms with Gasteiger partial charge in [-0.15, -0.1) is 0 Å². The van der Waals surface area contributed by atoms with Crippen molar-refractivity contribution in [3.05, 3.63) is 87.9 Å². The van der Waals surface area contributed by atoms with E-state index in [1.54, 1.807) is 29.2 Å². The summed E-state index contributed by atoms with van der Waals surface area (Å²) >= 11 is 6.13. The van der Waals surface area contributed by atoms with Gasteiger partial charge in [0.1, 0.15) is 0 Å². The van der Waals surface area contributed by atoms with Crippen LogP contribution in [0.5, 0.6) is 11.5 Å². The number of rotatable bonds is 7. The summed E-state index contributed by atoms with van der Waals surface area (Å²) in [7, 11) is 0. The van der Waals surface area contributed by atoms with Crippen LogP contribution in [0.4, 0.5) is 5.69 Å². The van der Waals surface area contributed by atoms with Crippen LogP contribution in [0.15, 0.2) is 60.7 Å². The van der Waals surface area contributed by atoms with Crippen molar-refractivity contribution in [2.75, 3.05) is 18.1 Å². The van der Waals surface area contributed by atoms with Gasteiger partial charge in [0, 0.05) is 10.7 Å². The van der Waals surface area contributed by atoms with Crippen LogP contribution in [0.2, 0.25) is 5.02 Å². The molecule has 0 aliphatic carbocycles.